The van der Waals surface area contributed by atoms with Crippen LogP contribution in [0.2, 0.25) is 0 Å². The number of thiophene rings is 1. The minimum atomic E-state index is -3.29. The third-order valence-electron chi connectivity index (χ3n) is 3.67. The lowest BCUT2D eigenvalue weighted by atomic mass is 9.99. The lowest BCUT2D eigenvalue weighted by Gasteiger charge is -2.08. The van der Waals surface area contributed by atoms with E-state index in [1.165, 1.54) is 23.3 Å². The monoisotopic (exact) mass is 350 g/mol. The molecule has 7 heteroatoms. The molecular formula is C16H18N2O3S2. The first-order valence-electron chi connectivity index (χ1n) is 7.41. The van der Waals surface area contributed by atoms with Crippen LogP contribution in [-0.4, -0.2) is 20.6 Å². The van der Waals surface area contributed by atoms with Gasteiger partial charge in [-0.1, -0.05) is 0 Å². The van der Waals surface area contributed by atoms with Crippen molar-refractivity contribution < 1.29 is 13.2 Å². The van der Waals surface area contributed by atoms with Crippen LogP contribution < -0.4 is 10.0 Å². The first-order valence-corrected chi connectivity index (χ1v) is 10.1. The Bertz CT molecular complexity index is 800. The summed E-state index contributed by atoms with van der Waals surface area (Å²) in [5, 5.41) is 2.85. The molecule has 122 valence electrons. The third-order valence-corrected chi connectivity index (χ3v) is 5.51. The summed E-state index contributed by atoms with van der Waals surface area (Å²) in [5.41, 5.74) is 2.41. The SMILES string of the molecule is CS(=O)(=O)Nc1ccc(NC(=O)c2cc3c(s2)CCCC3)cc1. The third kappa shape index (κ3) is 4.11. The van der Waals surface area contributed by atoms with Gasteiger partial charge in [0.2, 0.25) is 10.0 Å². The number of nitrogens with one attached hydrogen (secondary N) is 2. The molecule has 0 atom stereocenters. The van der Waals surface area contributed by atoms with E-state index in [-0.39, 0.29) is 5.91 Å². The summed E-state index contributed by atoms with van der Waals surface area (Å²) in [4.78, 5) is 14.4. The number of hydrogen-bond acceptors (Lipinski definition) is 4. The minimum Gasteiger partial charge on any atom is -0.321 e. The van der Waals surface area contributed by atoms with Crippen molar-refractivity contribution in [3.05, 3.63) is 45.6 Å². The van der Waals surface area contributed by atoms with Crippen LogP contribution in [-0.2, 0) is 22.9 Å². The number of anilines is 2. The van der Waals surface area contributed by atoms with Gasteiger partial charge in [-0.2, -0.15) is 0 Å². The van der Waals surface area contributed by atoms with Gasteiger partial charge in [0, 0.05) is 16.3 Å². The number of hydrogen-bond donors (Lipinski definition) is 2. The Hall–Kier alpha value is -1.86. The molecule has 1 amide bonds. The highest BCUT2D eigenvalue weighted by Gasteiger charge is 2.17. The molecule has 1 aliphatic carbocycles. The number of sulfonamides is 1. The van der Waals surface area contributed by atoms with Crippen molar-refractivity contribution in [3.63, 3.8) is 0 Å². The zero-order chi connectivity index (χ0) is 16.4. The normalized spacial score (nSPS) is 14.1. The Morgan fingerprint density at radius 1 is 1.09 bits per heavy atom. The van der Waals surface area contributed by atoms with E-state index in [4.69, 9.17) is 0 Å². The predicted molar refractivity (Wildman–Crippen MR) is 93.8 cm³/mol. The van der Waals surface area contributed by atoms with Crippen LogP contribution in [0, 0.1) is 0 Å². The Morgan fingerprint density at radius 2 is 1.74 bits per heavy atom. The van der Waals surface area contributed by atoms with Gasteiger partial charge in [0.1, 0.15) is 0 Å². The molecule has 1 aliphatic rings. The standard InChI is InChI=1S/C16H18N2O3S2/c1-23(20,21)18-13-8-6-12(7-9-13)17-16(19)15-10-11-4-2-3-5-14(11)22-15/h6-10,18H,2-5H2,1H3,(H,17,19). The van der Waals surface area contributed by atoms with E-state index < -0.39 is 10.0 Å². The molecule has 5 nitrogen and oxygen atoms in total. The van der Waals surface area contributed by atoms with Gasteiger partial charge in [0.15, 0.2) is 0 Å². The summed E-state index contributed by atoms with van der Waals surface area (Å²) in [7, 11) is -3.29. The smallest absolute Gasteiger partial charge is 0.265 e. The number of carbonyl (C=O) groups is 1. The fraction of sp³-hybridized carbons (Fsp3) is 0.312. The van der Waals surface area contributed by atoms with E-state index in [9.17, 15) is 13.2 Å². The molecule has 23 heavy (non-hydrogen) atoms. The summed E-state index contributed by atoms with van der Waals surface area (Å²) >= 11 is 1.57. The zero-order valence-electron chi connectivity index (χ0n) is 12.8. The summed E-state index contributed by atoms with van der Waals surface area (Å²) in [6.45, 7) is 0. The quantitative estimate of drug-likeness (QED) is 0.889. The van der Waals surface area contributed by atoms with E-state index >= 15 is 0 Å². The van der Waals surface area contributed by atoms with Crippen molar-refractivity contribution in [2.75, 3.05) is 16.3 Å². The molecule has 0 saturated carbocycles. The lowest BCUT2D eigenvalue weighted by Crippen LogP contribution is -2.11. The highest BCUT2D eigenvalue weighted by Crippen LogP contribution is 2.30. The van der Waals surface area contributed by atoms with Crippen molar-refractivity contribution in [3.8, 4) is 0 Å². The number of aryl methyl sites for hydroxylation is 2. The Morgan fingerprint density at radius 3 is 2.39 bits per heavy atom. The summed E-state index contributed by atoms with van der Waals surface area (Å²) in [6.07, 6.45) is 5.62. The molecule has 2 N–H and O–H groups in total. The van der Waals surface area contributed by atoms with Gasteiger partial charge in [0.05, 0.1) is 11.1 Å². The maximum Gasteiger partial charge on any atom is 0.265 e. The van der Waals surface area contributed by atoms with Crippen LogP contribution in [0.25, 0.3) is 0 Å². The van der Waals surface area contributed by atoms with E-state index in [1.807, 2.05) is 6.07 Å². The van der Waals surface area contributed by atoms with Crippen LogP contribution in [0.4, 0.5) is 11.4 Å². The molecule has 0 saturated heterocycles. The fourth-order valence-electron chi connectivity index (χ4n) is 2.63. The van der Waals surface area contributed by atoms with Crippen molar-refractivity contribution in [1.82, 2.24) is 0 Å². The van der Waals surface area contributed by atoms with Crippen molar-refractivity contribution in [1.29, 1.82) is 0 Å². The molecule has 0 bridgehead atoms. The second-order valence-corrected chi connectivity index (χ2v) is 8.56. The highest BCUT2D eigenvalue weighted by atomic mass is 32.2. The van der Waals surface area contributed by atoms with Gasteiger partial charge in [-0.05, 0) is 61.6 Å². The fourth-order valence-corrected chi connectivity index (χ4v) is 4.34. The van der Waals surface area contributed by atoms with Crippen molar-refractivity contribution >= 4 is 38.6 Å². The Kier molecular flexibility index (Phi) is 4.41. The maximum atomic E-state index is 12.3. The van der Waals surface area contributed by atoms with Crippen LogP contribution >= 0.6 is 11.3 Å². The van der Waals surface area contributed by atoms with Gasteiger partial charge >= 0.3 is 0 Å². The molecule has 0 aliphatic heterocycles. The number of rotatable bonds is 4. The Labute approximate surface area is 139 Å². The van der Waals surface area contributed by atoms with Crippen LogP contribution in [0.5, 0.6) is 0 Å². The zero-order valence-corrected chi connectivity index (χ0v) is 14.4. The van der Waals surface area contributed by atoms with Crippen LogP contribution in [0.1, 0.15) is 33.0 Å². The summed E-state index contributed by atoms with van der Waals surface area (Å²) in [5.74, 6) is -0.117. The summed E-state index contributed by atoms with van der Waals surface area (Å²) in [6, 6.07) is 8.60. The molecule has 1 heterocycles. The maximum absolute atomic E-state index is 12.3. The van der Waals surface area contributed by atoms with E-state index in [2.05, 4.69) is 10.0 Å². The number of fused-ring (bicyclic) bond motifs is 1. The van der Waals surface area contributed by atoms with E-state index in [0.717, 1.165) is 24.0 Å². The molecular weight excluding hydrogens is 332 g/mol. The number of carbonyl (C=O) groups excluding carboxylic acids is 1. The topological polar surface area (TPSA) is 75.3 Å². The first-order chi connectivity index (χ1) is 10.9. The van der Waals surface area contributed by atoms with Crippen LogP contribution in [0.3, 0.4) is 0 Å². The van der Waals surface area contributed by atoms with Gasteiger partial charge in [-0.3, -0.25) is 9.52 Å². The molecule has 3 rings (SSSR count). The Balaban J connectivity index is 1.69. The highest BCUT2D eigenvalue weighted by molar-refractivity contribution is 7.92. The van der Waals surface area contributed by atoms with Gasteiger partial charge in [0.25, 0.3) is 5.91 Å². The van der Waals surface area contributed by atoms with Crippen molar-refractivity contribution in [2.24, 2.45) is 0 Å². The number of benzene rings is 1. The molecule has 1 aromatic carbocycles. The predicted octanol–water partition coefficient (Wildman–Crippen LogP) is 3.25. The summed E-state index contributed by atoms with van der Waals surface area (Å²) < 4.78 is 24.7. The van der Waals surface area contributed by atoms with Gasteiger partial charge in [-0.15, -0.1) is 11.3 Å². The molecule has 0 unspecified atom stereocenters. The average Bonchev–Trinajstić information content (AvgIpc) is 2.92. The average molecular weight is 350 g/mol. The lowest BCUT2D eigenvalue weighted by molar-refractivity contribution is 0.103. The second-order valence-electron chi connectivity index (χ2n) is 5.67. The second kappa shape index (κ2) is 6.33. The molecule has 2 aromatic rings. The van der Waals surface area contributed by atoms with Crippen molar-refractivity contribution in [2.45, 2.75) is 25.7 Å². The molecule has 0 fully saturated rings. The largest absolute Gasteiger partial charge is 0.321 e. The first kappa shape index (κ1) is 16.0. The minimum absolute atomic E-state index is 0.117. The number of amides is 1. The van der Waals surface area contributed by atoms with Gasteiger partial charge in [-0.25, -0.2) is 8.42 Å². The molecule has 1 aromatic heterocycles. The van der Waals surface area contributed by atoms with Gasteiger partial charge < -0.3 is 5.32 Å². The van der Waals surface area contributed by atoms with E-state index in [0.29, 0.717) is 11.4 Å². The van der Waals surface area contributed by atoms with E-state index in [1.54, 1.807) is 35.6 Å². The molecule has 0 spiro atoms. The van der Waals surface area contributed by atoms with Crippen LogP contribution in [0.15, 0.2) is 30.3 Å². The molecule has 0 radical (unpaired) electrons.